The van der Waals surface area contributed by atoms with Gasteiger partial charge in [0.05, 0.1) is 16.5 Å². The Morgan fingerprint density at radius 3 is 1.82 bits per heavy atom. The van der Waals surface area contributed by atoms with Crippen LogP contribution >= 0.6 is 0 Å². The lowest BCUT2D eigenvalue weighted by atomic mass is 9.51. The highest BCUT2D eigenvalue weighted by Crippen LogP contribution is 2.64. The third kappa shape index (κ3) is 2.16. The van der Waals surface area contributed by atoms with E-state index in [0.29, 0.717) is 22.3 Å². The number of hydrogen-bond donors (Lipinski definition) is 0. The number of nitro groups is 2. The number of nitrogens with zero attached hydrogens (tertiary/aromatic N) is 3. The molecule has 2 amide bonds. The van der Waals surface area contributed by atoms with Crippen molar-refractivity contribution in [3.8, 4) is 0 Å². The summed E-state index contributed by atoms with van der Waals surface area (Å²) in [7, 11) is 0. The number of non-ortho nitro benzene ring substituents is 1. The third-order valence-corrected chi connectivity index (χ3v) is 7.18. The summed E-state index contributed by atoms with van der Waals surface area (Å²) < 4.78 is 0. The molecule has 2 bridgehead atoms. The van der Waals surface area contributed by atoms with Crippen molar-refractivity contribution in [2.24, 2.45) is 11.8 Å². The van der Waals surface area contributed by atoms with Crippen molar-refractivity contribution in [1.82, 2.24) is 0 Å². The maximum absolute atomic E-state index is 13.8. The van der Waals surface area contributed by atoms with Crippen LogP contribution in [0.4, 0.5) is 11.4 Å². The molecule has 0 radical (unpaired) electrons. The Hall–Kier alpha value is -4.40. The van der Waals surface area contributed by atoms with E-state index in [1.54, 1.807) is 48.5 Å². The summed E-state index contributed by atoms with van der Waals surface area (Å²) in [6.45, 7) is 0. The Bertz CT molecular complexity index is 1350. The molecular weight excluding hydrogens is 426 g/mol. The van der Waals surface area contributed by atoms with Crippen LogP contribution in [0.1, 0.15) is 28.2 Å². The largest absolute Gasteiger partial charge is 0.285 e. The maximum atomic E-state index is 13.8. The van der Waals surface area contributed by atoms with Gasteiger partial charge in [-0.3, -0.25) is 29.8 Å². The topological polar surface area (TPSA) is 124 Å². The normalized spacial score (nSPS) is 26.5. The van der Waals surface area contributed by atoms with Crippen molar-refractivity contribution in [2.75, 3.05) is 4.90 Å². The molecule has 1 aliphatic heterocycles. The highest BCUT2D eigenvalue weighted by molar-refractivity contribution is 6.23. The van der Waals surface area contributed by atoms with Crippen molar-refractivity contribution in [3.05, 3.63) is 115 Å². The van der Waals surface area contributed by atoms with Crippen LogP contribution < -0.4 is 4.90 Å². The second-order valence-corrected chi connectivity index (χ2v) is 8.46. The number of imide groups is 1. The zero-order valence-electron chi connectivity index (χ0n) is 17.0. The minimum absolute atomic E-state index is 0.163. The summed E-state index contributed by atoms with van der Waals surface area (Å²) in [6.07, 6.45) is 0. The quantitative estimate of drug-likeness (QED) is 0.349. The first-order chi connectivity index (χ1) is 15.9. The van der Waals surface area contributed by atoms with Gasteiger partial charge < -0.3 is 0 Å². The first kappa shape index (κ1) is 19.3. The Morgan fingerprint density at radius 2 is 1.30 bits per heavy atom. The lowest BCUT2D eigenvalue weighted by Gasteiger charge is -2.48. The van der Waals surface area contributed by atoms with E-state index in [2.05, 4.69) is 0 Å². The van der Waals surface area contributed by atoms with Gasteiger partial charge in [-0.05, 0) is 23.3 Å². The number of rotatable bonds is 3. The van der Waals surface area contributed by atoms with Crippen molar-refractivity contribution >= 4 is 23.2 Å². The van der Waals surface area contributed by atoms with Crippen molar-refractivity contribution in [1.29, 1.82) is 0 Å². The number of benzene rings is 3. The zero-order valence-corrected chi connectivity index (χ0v) is 17.0. The molecule has 4 aliphatic rings. The molecule has 1 saturated heterocycles. The van der Waals surface area contributed by atoms with Gasteiger partial charge in [0.2, 0.25) is 11.8 Å². The first-order valence-corrected chi connectivity index (χ1v) is 10.3. The minimum Gasteiger partial charge on any atom is -0.274 e. The van der Waals surface area contributed by atoms with Gasteiger partial charge in [0, 0.05) is 34.1 Å². The van der Waals surface area contributed by atoms with Crippen molar-refractivity contribution < 1.29 is 19.4 Å². The number of carbonyl (C=O) groups excluding carboxylic acids is 2. The van der Waals surface area contributed by atoms with Crippen LogP contribution in [-0.4, -0.2) is 21.7 Å². The summed E-state index contributed by atoms with van der Waals surface area (Å²) in [5.41, 5.74) is 0.322. The summed E-state index contributed by atoms with van der Waals surface area (Å²) in [5.74, 6) is -3.85. The molecule has 162 valence electrons. The molecule has 0 saturated carbocycles. The van der Waals surface area contributed by atoms with Crippen LogP contribution in [-0.2, 0) is 15.1 Å². The summed E-state index contributed by atoms with van der Waals surface area (Å²) in [4.78, 5) is 51.3. The van der Waals surface area contributed by atoms with E-state index in [4.69, 9.17) is 0 Å². The molecule has 1 heterocycles. The van der Waals surface area contributed by atoms with Crippen LogP contribution in [0.3, 0.4) is 0 Å². The molecule has 3 aromatic rings. The first-order valence-electron chi connectivity index (χ1n) is 10.3. The van der Waals surface area contributed by atoms with Crippen LogP contribution in [0.25, 0.3) is 0 Å². The summed E-state index contributed by atoms with van der Waals surface area (Å²) >= 11 is 0. The van der Waals surface area contributed by atoms with Gasteiger partial charge >= 0.3 is 0 Å². The second-order valence-electron chi connectivity index (χ2n) is 8.46. The van der Waals surface area contributed by atoms with E-state index < -0.39 is 45.0 Å². The molecular formula is C24H15N3O6. The highest BCUT2D eigenvalue weighted by atomic mass is 16.6. The fourth-order valence-electron chi connectivity index (χ4n) is 6.02. The van der Waals surface area contributed by atoms with Gasteiger partial charge in [-0.15, -0.1) is 0 Å². The van der Waals surface area contributed by atoms with E-state index in [1.807, 2.05) is 0 Å². The minimum atomic E-state index is -1.89. The van der Waals surface area contributed by atoms with E-state index in [-0.39, 0.29) is 11.4 Å². The number of anilines is 1. The van der Waals surface area contributed by atoms with Gasteiger partial charge in [-0.1, -0.05) is 48.5 Å². The maximum Gasteiger partial charge on any atom is 0.285 e. The average Bonchev–Trinajstić information content (AvgIpc) is 3.09. The van der Waals surface area contributed by atoms with Gasteiger partial charge in [0.1, 0.15) is 5.92 Å². The number of hydrogen-bond acceptors (Lipinski definition) is 6. The second kappa shape index (κ2) is 6.32. The zero-order chi connectivity index (χ0) is 23.1. The molecule has 0 unspecified atom stereocenters. The number of nitro benzene ring substituents is 1. The van der Waals surface area contributed by atoms with E-state index in [0.717, 1.165) is 4.90 Å². The van der Waals surface area contributed by atoms with Gasteiger partial charge in [-0.2, -0.15) is 0 Å². The smallest absolute Gasteiger partial charge is 0.274 e. The van der Waals surface area contributed by atoms with Gasteiger partial charge in [0.25, 0.3) is 11.2 Å². The SMILES string of the molecule is O=C1[C@@H]2C3c4ccccc4C([N+](=O)[O-])(c4ccccc43)[C@H]2C(=O)N1c1ccc([N+](=O)[O-])cc1. The van der Waals surface area contributed by atoms with Gasteiger partial charge in [-0.25, -0.2) is 4.90 Å². The monoisotopic (exact) mass is 441 g/mol. The lowest BCUT2D eigenvalue weighted by Crippen LogP contribution is -2.57. The third-order valence-electron chi connectivity index (χ3n) is 7.18. The Labute approximate surface area is 186 Å². The molecule has 0 N–H and O–H groups in total. The number of carbonyl (C=O) groups is 2. The van der Waals surface area contributed by atoms with E-state index in [9.17, 15) is 29.8 Å². The molecule has 9 heteroatoms. The van der Waals surface area contributed by atoms with Crippen LogP contribution in [0.5, 0.6) is 0 Å². The number of amides is 2. The standard InChI is InChI=1S/C24H15N3O6/c28-22-20-19-15-5-1-3-7-17(15)24(27(32)33,18-8-4-2-6-16(18)19)21(20)23(29)25(22)13-9-11-14(12-10-13)26(30)31/h1-12,19-21H/t19?,20-,21-,24?/m1/s1. The van der Waals surface area contributed by atoms with Crippen molar-refractivity contribution in [2.45, 2.75) is 11.5 Å². The predicted octanol–water partition coefficient (Wildman–Crippen LogP) is 3.38. The fraction of sp³-hybridized carbons (Fsp3) is 0.167. The highest BCUT2D eigenvalue weighted by Gasteiger charge is 2.74. The molecule has 2 atom stereocenters. The van der Waals surface area contributed by atoms with Crippen molar-refractivity contribution in [3.63, 3.8) is 0 Å². The van der Waals surface area contributed by atoms with E-state index >= 15 is 0 Å². The summed E-state index contributed by atoms with van der Waals surface area (Å²) in [6, 6.07) is 19.0. The molecule has 0 spiro atoms. The van der Waals surface area contributed by atoms with Crippen LogP contribution in [0.2, 0.25) is 0 Å². The molecule has 1 fully saturated rings. The van der Waals surface area contributed by atoms with Crippen LogP contribution in [0, 0.1) is 32.1 Å². The molecule has 3 aromatic carbocycles. The fourth-order valence-corrected chi connectivity index (χ4v) is 6.02. The Balaban J connectivity index is 1.61. The van der Waals surface area contributed by atoms with Crippen LogP contribution in [0.15, 0.2) is 72.8 Å². The molecule has 33 heavy (non-hydrogen) atoms. The molecule has 3 aliphatic carbocycles. The molecule has 9 nitrogen and oxygen atoms in total. The van der Waals surface area contributed by atoms with E-state index in [1.165, 1.54) is 24.3 Å². The lowest BCUT2D eigenvalue weighted by molar-refractivity contribution is -0.578. The molecule has 0 aromatic heterocycles. The molecule has 7 rings (SSSR count). The Kier molecular flexibility index (Phi) is 3.69. The predicted molar refractivity (Wildman–Crippen MR) is 115 cm³/mol. The summed E-state index contributed by atoms with van der Waals surface area (Å²) in [5, 5.41) is 23.9. The van der Waals surface area contributed by atoms with Gasteiger partial charge in [0.15, 0.2) is 0 Å². The average molecular weight is 441 g/mol. The Morgan fingerprint density at radius 1 is 0.758 bits per heavy atom.